The third kappa shape index (κ3) is 1.65. The fourth-order valence-corrected chi connectivity index (χ4v) is 1.98. The van der Waals surface area contributed by atoms with Crippen LogP contribution in [0.3, 0.4) is 0 Å². The van der Waals surface area contributed by atoms with Crippen molar-refractivity contribution in [3.63, 3.8) is 0 Å². The van der Waals surface area contributed by atoms with Crippen molar-refractivity contribution in [2.75, 3.05) is 0 Å². The second-order valence-corrected chi connectivity index (χ2v) is 3.89. The molecular formula is C13H11FN4. The van der Waals surface area contributed by atoms with Crippen LogP contribution < -0.4 is 5.73 Å². The van der Waals surface area contributed by atoms with Crippen LogP contribution in [0.2, 0.25) is 0 Å². The molecule has 0 saturated heterocycles. The minimum atomic E-state index is -0.303. The van der Waals surface area contributed by atoms with Gasteiger partial charge in [0.1, 0.15) is 17.5 Å². The molecule has 0 amide bonds. The number of nitrogens with two attached hydrogens (primary N) is 1. The molecule has 3 rings (SSSR count). The molecule has 3 aromatic rings. The third-order valence-electron chi connectivity index (χ3n) is 2.75. The van der Waals surface area contributed by atoms with Gasteiger partial charge < -0.3 is 5.73 Å². The van der Waals surface area contributed by atoms with Crippen LogP contribution in [0.15, 0.2) is 42.6 Å². The van der Waals surface area contributed by atoms with Crippen LogP contribution in [0.4, 0.5) is 4.39 Å². The molecule has 0 unspecified atom stereocenters. The van der Waals surface area contributed by atoms with Gasteiger partial charge in [0.15, 0.2) is 0 Å². The molecule has 2 N–H and O–H groups in total. The van der Waals surface area contributed by atoms with Crippen molar-refractivity contribution >= 4 is 11.0 Å². The van der Waals surface area contributed by atoms with Gasteiger partial charge in [0.25, 0.3) is 0 Å². The van der Waals surface area contributed by atoms with Crippen LogP contribution in [-0.2, 0) is 6.54 Å². The van der Waals surface area contributed by atoms with E-state index in [1.807, 2.05) is 18.2 Å². The number of nitrogens with zero attached hydrogens (tertiary/aromatic N) is 3. The number of benzene rings is 1. The van der Waals surface area contributed by atoms with Gasteiger partial charge in [-0.25, -0.2) is 14.4 Å². The molecule has 0 atom stereocenters. The average molecular weight is 242 g/mol. The van der Waals surface area contributed by atoms with E-state index in [0.29, 0.717) is 22.7 Å². The lowest BCUT2D eigenvalue weighted by Gasteiger charge is -2.06. The maximum atomic E-state index is 13.4. The smallest absolute Gasteiger partial charge is 0.138 e. The van der Waals surface area contributed by atoms with E-state index in [0.717, 1.165) is 0 Å². The summed E-state index contributed by atoms with van der Waals surface area (Å²) in [6.45, 7) is 0.271. The summed E-state index contributed by atoms with van der Waals surface area (Å²) < 4.78 is 15.1. The summed E-state index contributed by atoms with van der Waals surface area (Å²) in [5.74, 6) is 1.04. The summed E-state index contributed by atoms with van der Waals surface area (Å²) in [4.78, 5) is 8.63. The first kappa shape index (κ1) is 10.9. The standard InChI is InChI=1S/C13H11FN4/c14-9-4-5-10-11(7-9)18(13(8-15)17-10)12-3-1-2-6-16-12/h1-7H,8,15H2. The number of imidazole rings is 1. The molecule has 0 aliphatic heterocycles. The Kier molecular flexibility index (Phi) is 2.53. The minimum absolute atomic E-state index is 0.271. The second kappa shape index (κ2) is 4.19. The van der Waals surface area contributed by atoms with Gasteiger partial charge in [-0.3, -0.25) is 4.57 Å². The van der Waals surface area contributed by atoms with Gasteiger partial charge in [0.2, 0.25) is 0 Å². The van der Waals surface area contributed by atoms with E-state index in [1.165, 1.54) is 12.1 Å². The fourth-order valence-electron chi connectivity index (χ4n) is 1.98. The van der Waals surface area contributed by atoms with Gasteiger partial charge in [0, 0.05) is 12.3 Å². The number of halogens is 1. The lowest BCUT2D eigenvalue weighted by Crippen LogP contribution is -2.07. The Bertz CT molecular complexity index is 691. The van der Waals surface area contributed by atoms with Crippen molar-refractivity contribution < 1.29 is 4.39 Å². The molecule has 0 saturated carbocycles. The zero-order chi connectivity index (χ0) is 12.5. The highest BCUT2D eigenvalue weighted by atomic mass is 19.1. The number of hydrogen-bond donors (Lipinski definition) is 1. The quantitative estimate of drug-likeness (QED) is 0.748. The van der Waals surface area contributed by atoms with Gasteiger partial charge in [-0.15, -0.1) is 0 Å². The molecule has 2 aromatic heterocycles. The van der Waals surface area contributed by atoms with E-state index in [2.05, 4.69) is 9.97 Å². The SMILES string of the molecule is NCc1nc2ccc(F)cc2n1-c1ccccn1. The Hall–Kier alpha value is -2.27. The summed E-state index contributed by atoms with van der Waals surface area (Å²) in [6, 6.07) is 10.0. The summed E-state index contributed by atoms with van der Waals surface area (Å²) in [7, 11) is 0. The maximum absolute atomic E-state index is 13.4. The van der Waals surface area contributed by atoms with Crippen LogP contribution in [0.1, 0.15) is 5.82 Å². The lowest BCUT2D eigenvalue weighted by atomic mass is 10.3. The molecule has 0 radical (unpaired) electrons. The van der Waals surface area contributed by atoms with Gasteiger partial charge in [-0.1, -0.05) is 6.07 Å². The van der Waals surface area contributed by atoms with Gasteiger partial charge >= 0.3 is 0 Å². The summed E-state index contributed by atoms with van der Waals surface area (Å²) in [5, 5.41) is 0. The topological polar surface area (TPSA) is 56.7 Å². The highest BCUT2D eigenvalue weighted by Gasteiger charge is 2.12. The van der Waals surface area contributed by atoms with Crippen LogP contribution in [0.25, 0.3) is 16.9 Å². The van der Waals surface area contributed by atoms with Gasteiger partial charge in [0.05, 0.1) is 17.6 Å². The van der Waals surface area contributed by atoms with E-state index < -0.39 is 0 Å². The zero-order valence-corrected chi connectivity index (χ0v) is 9.55. The van der Waals surface area contributed by atoms with E-state index >= 15 is 0 Å². The molecule has 0 aliphatic carbocycles. The average Bonchev–Trinajstić information content (AvgIpc) is 2.77. The van der Waals surface area contributed by atoms with E-state index in [4.69, 9.17) is 5.73 Å². The Morgan fingerprint density at radius 3 is 2.83 bits per heavy atom. The normalized spacial score (nSPS) is 11.0. The number of aromatic nitrogens is 3. The Balaban J connectivity index is 2.35. The molecule has 90 valence electrons. The molecule has 0 spiro atoms. The van der Waals surface area contributed by atoms with Crippen LogP contribution in [0.5, 0.6) is 0 Å². The van der Waals surface area contributed by atoms with Crippen molar-refractivity contribution in [1.29, 1.82) is 0 Å². The number of hydrogen-bond acceptors (Lipinski definition) is 3. The molecule has 4 nitrogen and oxygen atoms in total. The Labute approximate surface area is 103 Å². The number of pyridine rings is 1. The van der Waals surface area contributed by atoms with Crippen molar-refractivity contribution in [2.24, 2.45) is 5.73 Å². The van der Waals surface area contributed by atoms with Crippen molar-refractivity contribution in [3.8, 4) is 5.82 Å². The van der Waals surface area contributed by atoms with Crippen molar-refractivity contribution in [3.05, 3.63) is 54.2 Å². The van der Waals surface area contributed by atoms with E-state index in [-0.39, 0.29) is 12.4 Å². The Morgan fingerprint density at radius 1 is 1.22 bits per heavy atom. The molecule has 2 heterocycles. The Morgan fingerprint density at radius 2 is 2.11 bits per heavy atom. The molecular weight excluding hydrogens is 231 g/mol. The predicted molar refractivity (Wildman–Crippen MR) is 66.7 cm³/mol. The molecule has 0 fully saturated rings. The third-order valence-corrected chi connectivity index (χ3v) is 2.75. The predicted octanol–water partition coefficient (Wildman–Crippen LogP) is 2.02. The van der Waals surface area contributed by atoms with Crippen molar-refractivity contribution in [2.45, 2.75) is 6.54 Å². The minimum Gasteiger partial charge on any atom is -0.324 e. The highest BCUT2D eigenvalue weighted by Crippen LogP contribution is 2.20. The van der Waals surface area contributed by atoms with E-state index in [1.54, 1.807) is 16.8 Å². The molecule has 0 bridgehead atoms. The molecule has 5 heteroatoms. The highest BCUT2D eigenvalue weighted by molar-refractivity contribution is 5.78. The first-order valence-electron chi connectivity index (χ1n) is 5.58. The summed E-state index contributed by atoms with van der Waals surface area (Å²) >= 11 is 0. The first-order chi connectivity index (χ1) is 8.79. The van der Waals surface area contributed by atoms with Crippen LogP contribution in [0, 0.1) is 5.82 Å². The molecule has 1 aromatic carbocycles. The second-order valence-electron chi connectivity index (χ2n) is 3.89. The zero-order valence-electron chi connectivity index (χ0n) is 9.55. The first-order valence-corrected chi connectivity index (χ1v) is 5.58. The summed E-state index contributed by atoms with van der Waals surface area (Å²) in [5.41, 5.74) is 7.07. The fraction of sp³-hybridized carbons (Fsp3) is 0.0769. The van der Waals surface area contributed by atoms with Gasteiger partial charge in [-0.2, -0.15) is 0 Å². The van der Waals surface area contributed by atoms with Crippen LogP contribution in [-0.4, -0.2) is 14.5 Å². The van der Waals surface area contributed by atoms with Crippen molar-refractivity contribution in [1.82, 2.24) is 14.5 Å². The maximum Gasteiger partial charge on any atom is 0.138 e. The number of rotatable bonds is 2. The van der Waals surface area contributed by atoms with E-state index in [9.17, 15) is 4.39 Å². The summed E-state index contributed by atoms with van der Waals surface area (Å²) in [6.07, 6.45) is 1.68. The van der Waals surface area contributed by atoms with Gasteiger partial charge in [-0.05, 0) is 24.3 Å². The number of fused-ring (bicyclic) bond motifs is 1. The van der Waals surface area contributed by atoms with Crippen LogP contribution >= 0.6 is 0 Å². The molecule has 0 aliphatic rings. The molecule has 18 heavy (non-hydrogen) atoms. The largest absolute Gasteiger partial charge is 0.324 e. The lowest BCUT2D eigenvalue weighted by molar-refractivity contribution is 0.629. The monoisotopic (exact) mass is 242 g/mol.